The van der Waals surface area contributed by atoms with Crippen molar-refractivity contribution in [2.24, 2.45) is 35.5 Å². The van der Waals surface area contributed by atoms with Crippen LogP contribution in [0.2, 0.25) is 0 Å². The maximum atomic E-state index is 14.4. The smallest absolute Gasteiger partial charge is 0.329 e. The number of aliphatic hydroxyl groups is 2. The van der Waals surface area contributed by atoms with Gasteiger partial charge in [-0.25, -0.2) is 9.59 Å². The molecule has 0 aromatic carbocycles. The molecule has 3 fully saturated rings. The van der Waals surface area contributed by atoms with E-state index < -0.39 is 83.7 Å². The molecule has 1 amide bonds. The molecule has 14 heteroatoms. The van der Waals surface area contributed by atoms with Gasteiger partial charge in [-0.15, -0.1) is 6.58 Å². The molecular weight excluding hydrogens is 787 g/mol. The van der Waals surface area contributed by atoms with Crippen LogP contribution in [0.1, 0.15) is 119 Å². The van der Waals surface area contributed by atoms with E-state index in [4.69, 9.17) is 23.7 Å². The van der Waals surface area contributed by atoms with Crippen LogP contribution in [0.3, 0.4) is 0 Å². The standard InChI is InChI=1S/C47H73NO13/c1-10-14-34-20-27(3)19-28(4)21-39(57-8)43-40(58-9)23-30(6)47(56,61-43)44(53)45(54)48-18-13-12-15-35(48)46(55)60-42(31(7)36(49)25-37(34)50)29(5)22-32-16-17-38(33(11-2)24-32)59-26-41(51)52/h10,20,22,28,30-36,38-40,42-43,49,56H,1,11-19,21,23-26H2,2-9H3,(H,51,52)/b27-20+,29-22+/t28-,30+,31+,32-,33?,34+,35-,36-,38+,39-,40-,42+,43+,47+/m0/s1. The molecule has 3 aliphatic heterocycles. The summed E-state index contributed by atoms with van der Waals surface area (Å²) in [7, 11) is 3.04. The number of aliphatic carboxylic acids is 1. The summed E-state index contributed by atoms with van der Waals surface area (Å²) in [6, 6.07) is -1.16. The van der Waals surface area contributed by atoms with Gasteiger partial charge in [-0.3, -0.25) is 14.4 Å². The number of methoxy groups -OCH3 is 2. The number of hydrogen-bond donors (Lipinski definition) is 3. The molecule has 0 aromatic heterocycles. The first kappa shape index (κ1) is 50.4. The second kappa shape index (κ2) is 22.9. The van der Waals surface area contributed by atoms with Crippen LogP contribution in [0.4, 0.5) is 0 Å². The maximum absolute atomic E-state index is 14.4. The molecule has 4 rings (SSSR count). The zero-order valence-electron chi connectivity index (χ0n) is 37.7. The number of aliphatic hydroxyl groups excluding tert-OH is 1. The molecule has 344 valence electrons. The van der Waals surface area contributed by atoms with Crippen LogP contribution in [-0.4, -0.2) is 125 Å². The highest BCUT2D eigenvalue weighted by Crippen LogP contribution is 2.40. The van der Waals surface area contributed by atoms with Crippen molar-refractivity contribution in [1.82, 2.24) is 4.90 Å². The van der Waals surface area contributed by atoms with Gasteiger partial charge in [0.15, 0.2) is 0 Å². The number of fused-ring (bicyclic) bond motifs is 3. The summed E-state index contributed by atoms with van der Waals surface area (Å²) in [5, 5.41) is 33.1. The third-order valence-corrected chi connectivity index (χ3v) is 13.7. The normalized spacial score (nSPS) is 39.0. The van der Waals surface area contributed by atoms with Crippen molar-refractivity contribution in [3.63, 3.8) is 0 Å². The number of ketones is 2. The molecule has 1 aliphatic carbocycles. The van der Waals surface area contributed by atoms with Gasteiger partial charge in [0.25, 0.3) is 11.7 Å². The zero-order valence-corrected chi connectivity index (χ0v) is 37.7. The fraction of sp³-hybridized carbons (Fsp3) is 0.766. The fourth-order valence-electron chi connectivity index (χ4n) is 10.1. The number of rotatable bonds is 10. The lowest BCUT2D eigenvalue weighted by molar-refractivity contribution is -0.302. The van der Waals surface area contributed by atoms with Gasteiger partial charge in [0.2, 0.25) is 5.79 Å². The van der Waals surface area contributed by atoms with Crippen LogP contribution in [0.5, 0.6) is 0 Å². The second-order valence-electron chi connectivity index (χ2n) is 18.3. The Kier molecular flexibility index (Phi) is 18.9. The SMILES string of the molecule is C=CC[C@@H]1/C=C(\C)C[C@H](C)C[C@H](OC)[C@H]2O[C@@](O)(C(=O)C(=O)N3CCCC[C@H]3C(=O)O[C@H](/C(C)=C/[C@@H]3CC[C@@H](OCC(=O)O)C(CC)C3)[C@H](C)[C@@H](O)CC1=O)[C@H](C)C[C@@H]2OC. The number of carboxylic acid groups (broad SMARTS) is 1. The Morgan fingerprint density at radius 1 is 1.00 bits per heavy atom. The first-order valence-electron chi connectivity index (χ1n) is 22.4. The van der Waals surface area contributed by atoms with Crippen LogP contribution < -0.4 is 0 Å². The predicted molar refractivity (Wildman–Crippen MR) is 227 cm³/mol. The third kappa shape index (κ3) is 12.7. The van der Waals surface area contributed by atoms with Gasteiger partial charge < -0.3 is 43.9 Å². The number of carbonyl (C=O) groups is 5. The van der Waals surface area contributed by atoms with Crippen LogP contribution in [0.15, 0.2) is 36.0 Å². The summed E-state index contributed by atoms with van der Waals surface area (Å²) in [4.78, 5) is 69.4. The van der Waals surface area contributed by atoms with Crippen LogP contribution in [0, 0.1) is 35.5 Å². The summed E-state index contributed by atoms with van der Waals surface area (Å²) in [6.07, 6.45) is 6.69. The van der Waals surface area contributed by atoms with Crippen molar-refractivity contribution < 1.29 is 63.0 Å². The number of ether oxygens (including phenoxy) is 5. The highest BCUT2D eigenvalue weighted by atomic mass is 16.7. The molecule has 3 heterocycles. The first-order valence-corrected chi connectivity index (χ1v) is 22.4. The quantitative estimate of drug-likeness (QED) is 0.137. The third-order valence-electron chi connectivity index (χ3n) is 13.7. The van der Waals surface area contributed by atoms with Crippen molar-refractivity contribution in [2.75, 3.05) is 27.4 Å². The van der Waals surface area contributed by atoms with E-state index in [1.165, 1.54) is 19.1 Å². The first-order chi connectivity index (χ1) is 28.9. The molecule has 0 spiro atoms. The highest BCUT2D eigenvalue weighted by molar-refractivity contribution is 6.39. The lowest BCUT2D eigenvalue weighted by Crippen LogP contribution is -2.64. The Hall–Kier alpha value is -3.27. The number of amides is 1. The second-order valence-corrected chi connectivity index (χ2v) is 18.3. The summed E-state index contributed by atoms with van der Waals surface area (Å²) in [5.41, 5.74) is 1.61. The number of carboxylic acids is 1. The monoisotopic (exact) mass is 860 g/mol. The molecule has 2 bridgehead atoms. The van der Waals surface area contributed by atoms with Crippen molar-refractivity contribution >= 4 is 29.4 Å². The van der Waals surface area contributed by atoms with Crippen molar-refractivity contribution in [3.8, 4) is 0 Å². The van der Waals surface area contributed by atoms with Crippen molar-refractivity contribution in [2.45, 2.75) is 167 Å². The van der Waals surface area contributed by atoms with Gasteiger partial charge in [0, 0.05) is 44.9 Å². The fourth-order valence-corrected chi connectivity index (χ4v) is 10.1. The number of Topliss-reactive ketones (excluding diaryl/α,β-unsaturated/α-hetero) is 2. The maximum Gasteiger partial charge on any atom is 0.329 e. The van der Waals surface area contributed by atoms with E-state index in [1.807, 2.05) is 39.8 Å². The molecule has 61 heavy (non-hydrogen) atoms. The minimum absolute atomic E-state index is 0.000926. The van der Waals surface area contributed by atoms with Gasteiger partial charge in [0.05, 0.1) is 24.4 Å². The number of esters is 1. The Balaban J connectivity index is 1.76. The van der Waals surface area contributed by atoms with E-state index in [2.05, 4.69) is 6.58 Å². The van der Waals surface area contributed by atoms with Gasteiger partial charge in [-0.05, 0) is 101 Å². The Morgan fingerprint density at radius 3 is 2.33 bits per heavy atom. The van der Waals surface area contributed by atoms with E-state index >= 15 is 0 Å². The minimum atomic E-state index is -2.52. The number of piperidine rings is 1. The average Bonchev–Trinajstić information content (AvgIpc) is 3.23. The van der Waals surface area contributed by atoms with Gasteiger partial charge in [0.1, 0.15) is 30.6 Å². The van der Waals surface area contributed by atoms with E-state index in [1.54, 1.807) is 19.9 Å². The van der Waals surface area contributed by atoms with Gasteiger partial charge in [-0.1, -0.05) is 57.9 Å². The minimum Gasteiger partial charge on any atom is -0.480 e. The number of allylic oxidation sites excluding steroid dienone is 4. The summed E-state index contributed by atoms with van der Waals surface area (Å²) >= 11 is 0. The van der Waals surface area contributed by atoms with Crippen LogP contribution in [0.25, 0.3) is 0 Å². The van der Waals surface area contributed by atoms with E-state index in [-0.39, 0.29) is 62.1 Å². The highest BCUT2D eigenvalue weighted by Gasteiger charge is 2.56. The van der Waals surface area contributed by atoms with Gasteiger partial charge >= 0.3 is 11.9 Å². The predicted octanol–water partition coefficient (Wildman–Crippen LogP) is 5.76. The number of carbonyl (C=O) groups excluding carboxylic acids is 4. The summed E-state index contributed by atoms with van der Waals surface area (Å²) in [5.74, 6) is -8.71. The van der Waals surface area contributed by atoms with Crippen molar-refractivity contribution in [1.29, 1.82) is 0 Å². The van der Waals surface area contributed by atoms with Gasteiger partial charge in [-0.2, -0.15) is 0 Å². The molecule has 0 radical (unpaired) electrons. The lowest BCUT2D eigenvalue weighted by atomic mass is 9.76. The molecule has 1 unspecified atom stereocenters. The Labute approximate surface area is 362 Å². The lowest BCUT2D eigenvalue weighted by Gasteiger charge is -2.47. The molecular formula is C47H73NO13. The van der Waals surface area contributed by atoms with E-state index in [0.29, 0.717) is 50.5 Å². The topological polar surface area (TPSA) is 195 Å². The zero-order chi connectivity index (χ0) is 45.2. The molecule has 14 nitrogen and oxygen atoms in total. The average molecular weight is 860 g/mol. The molecule has 4 aliphatic rings. The summed E-state index contributed by atoms with van der Waals surface area (Å²) < 4.78 is 30.0. The van der Waals surface area contributed by atoms with Crippen LogP contribution in [-0.2, 0) is 47.7 Å². The number of cyclic esters (lactones) is 1. The van der Waals surface area contributed by atoms with E-state index in [9.17, 15) is 39.3 Å². The van der Waals surface area contributed by atoms with E-state index in [0.717, 1.165) is 18.4 Å². The van der Waals surface area contributed by atoms with Crippen molar-refractivity contribution in [3.05, 3.63) is 36.0 Å². The summed E-state index contributed by atoms with van der Waals surface area (Å²) in [6.45, 7) is 14.8. The molecule has 3 N–H and O–H groups in total. The largest absolute Gasteiger partial charge is 0.480 e. The molecule has 2 saturated heterocycles. The van der Waals surface area contributed by atoms with Crippen LogP contribution >= 0.6 is 0 Å². The Bertz CT molecular complexity index is 1610. The molecule has 1 saturated carbocycles. The molecule has 14 atom stereocenters. The number of hydrogen-bond acceptors (Lipinski definition) is 12. The number of nitrogens with zero attached hydrogens (tertiary/aromatic N) is 1. The molecule has 0 aromatic rings. The Morgan fingerprint density at radius 2 is 1.69 bits per heavy atom.